The third kappa shape index (κ3) is 6.15. The summed E-state index contributed by atoms with van der Waals surface area (Å²) in [4.78, 5) is 6.97. The highest BCUT2D eigenvalue weighted by atomic mass is 32.1. The first-order valence-corrected chi connectivity index (χ1v) is 7.15. The van der Waals surface area contributed by atoms with Gasteiger partial charge in [-0.1, -0.05) is 6.92 Å². The van der Waals surface area contributed by atoms with Gasteiger partial charge in [-0.2, -0.15) is 0 Å². The van der Waals surface area contributed by atoms with E-state index in [0.29, 0.717) is 0 Å². The van der Waals surface area contributed by atoms with E-state index in [0.717, 1.165) is 19.6 Å². The van der Waals surface area contributed by atoms with Crippen molar-refractivity contribution in [3.05, 3.63) is 16.1 Å². The number of nitrogens with one attached hydrogen (secondary N) is 1. The van der Waals surface area contributed by atoms with Crippen LogP contribution in [0.1, 0.15) is 44.8 Å². The van der Waals surface area contributed by atoms with Crippen LogP contribution < -0.4 is 5.32 Å². The van der Waals surface area contributed by atoms with Crippen molar-refractivity contribution in [2.45, 2.75) is 52.7 Å². The lowest BCUT2D eigenvalue weighted by molar-refractivity contribution is 0.324. The molecule has 1 aromatic heterocycles. The fraction of sp³-hybridized carbons (Fsp3) is 0.769. The Morgan fingerprint density at radius 3 is 2.71 bits per heavy atom. The lowest BCUT2D eigenvalue weighted by Crippen LogP contribution is -2.35. The summed E-state index contributed by atoms with van der Waals surface area (Å²) in [5, 5.41) is 6.82. The van der Waals surface area contributed by atoms with E-state index in [2.05, 4.69) is 55.3 Å². The molecule has 0 atom stereocenters. The van der Waals surface area contributed by atoms with Crippen LogP contribution in [0.2, 0.25) is 0 Å². The third-order valence-corrected chi connectivity index (χ3v) is 3.30. The van der Waals surface area contributed by atoms with Gasteiger partial charge in [-0.25, -0.2) is 4.98 Å². The second-order valence-electron chi connectivity index (χ2n) is 5.57. The van der Waals surface area contributed by atoms with Crippen molar-refractivity contribution in [3.8, 4) is 0 Å². The van der Waals surface area contributed by atoms with Gasteiger partial charge < -0.3 is 10.2 Å². The molecule has 0 fully saturated rings. The van der Waals surface area contributed by atoms with E-state index in [1.165, 1.54) is 17.1 Å². The summed E-state index contributed by atoms with van der Waals surface area (Å²) in [6.45, 7) is 11.7. The van der Waals surface area contributed by atoms with E-state index in [1.54, 1.807) is 11.3 Å². The molecule has 0 amide bonds. The molecular weight excluding hydrogens is 230 g/mol. The zero-order valence-electron chi connectivity index (χ0n) is 11.7. The summed E-state index contributed by atoms with van der Waals surface area (Å²) in [6, 6.07) is 0. The van der Waals surface area contributed by atoms with Crippen LogP contribution in [0.4, 0.5) is 0 Å². The molecule has 4 heteroatoms. The van der Waals surface area contributed by atoms with Crippen LogP contribution >= 0.6 is 11.3 Å². The van der Waals surface area contributed by atoms with Gasteiger partial charge in [0, 0.05) is 24.0 Å². The monoisotopic (exact) mass is 255 g/mol. The SMILES string of the molecule is CCCN(C)Cc1csc(CNC(C)(C)C)n1. The van der Waals surface area contributed by atoms with Gasteiger partial charge in [0.2, 0.25) is 0 Å². The third-order valence-electron chi connectivity index (χ3n) is 2.41. The molecule has 0 bridgehead atoms. The van der Waals surface area contributed by atoms with Crippen LogP contribution in [-0.2, 0) is 13.1 Å². The minimum atomic E-state index is 0.158. The standard InChI is InChI=1S/C13H25N3S/c1-6-7-16(5)9-11-10-17-12(15-11)8-14-13(2,3)4/h10,14H,6-9H2,1-5H3. The smallest absolute Gasteiger partial charge is 0.107 e. The van der Waals surface area contributed by atoms with E-state index < -0.39 is 0 Å². The van der Waals surface area contributed by atoms with Gasteiger partial charge in [0.15, 0.2) is 0 Å². The molecule has 0 aliphatic heterocycles. The Bertz CT molecular complexity index is 328. The largest absolute Gasteiger partial charge is 0.306 e. The fourth-order valence-electron chi connectivity index (χ4n) is 1.58. The molecule has 0 unspecified atom stereocenters. The summed E-state index contributed by atoms with van der Waals surface area (Å²) in [5.41, 5.74) is 1.35. The molecule has 0 aliphatic carbocycles. The van der Waals surface area contributed by atoms with E-state index >= 15 is 0 Å². The zero-order chi connectivity index (χ0) is 12.9. The second-order valence-corrected chi connectivity index (χ2v) is 6.52. The highest BCUT2D eigenvalue weighted by molar-refractivity contribution is 7.09. The molecule has 0 saturated heterocycles. The molecule has 1 rings (SSSR count). The van der Waals surface area contributed by atoms with Crippen LogP contribution in [0.15, 0.2) is 5.38 Å². The molecule has 98 valence electrons. The van der Waals surface area contributed by atoms with Crippen LogP contribution in [-0.4, -0.2) is 29.0 Å². The van der Waals surface area contributed by atoms with Crippen molar-refractivity contribution < 1.29 is 0 Å². The number of hydrogen-bond acceptors (Lipinski definition) is 4. The Morgan fingerprint density at radius 2 is 2.12 bits per heavy atom. The van der Waals surface area contributed by atoms with Crippen molar-refractivity contribution in [1.82, 2.24) is 15.2 Å². The molecule has 0 aromatic carbocycles. The Kier molecular flexibility index (Phi) is 5.56. The first-order valence-electron chi connectivity index (χ1n) is 6.27. The van der Waals surface area contributed by atoms with Gasteiger partial charge >= 0.3 is 0 Å². The fourth-order valence-corrected chi connectivity index (χ4v) is 2.31. The Hall–Kier alpha value is -0.450. The van der Waals surface area contributed by atoms with Crippen molar-refractivity contribution in [2.24, 2.45) is 0 Å². The van der Waals surface area contributed by atoms with E-state index in [9.17, 15) is 0 Å². The molecule has 1 heterocycles. The van der Waals surface area contributed by atoms with Crippen LogP contribution in [0.3, 0.4) is 0 Å². The predicted molar refractivity (Wildman–Crippen MR) is 75.3 cm³/mol. The number of hydrogen-bond donors (Lipinski definition) is 1. The molecule has 0 spiro atoms. The minimum Gasteiger partial charge on any atom is -0.306 e. The maximum atomic E-state index is 4.65. The molecule has 3 nitrogen and oxygen atoms in total. The second kappa shape index (κ2) is 6.47. The minimum absolute atomic E-state index is 0.158. The van der Waals surface area contributed by atoms with Crippen LogP contribution in [0.5, 0.6) is 0 Å². The number of aromatic nitrogens is 1. The van der Waals surface area contributed by atoms with Crippen molar-refractivity contribution in [2.75, 3.05) is 13.6 Å². The number of nitrogens with zero attached hydrogens (tertiary/aromatic N) is 2. The highest BCUT2D eigenvalue weighted by Crippen LogP contribution is 2.12. The van der Waals surface area contributed by atoms with E-state index in [4.69, 9.17) is 0 Å². The summed E-state index contributed by atoms with van der Waals surface area (Å²) < 4.78 is 0. The summed E-state index contributed by atoms with van der Waals surface area (Å²) >= 11 is 1.75. The lowest BCUT2D eigenvalue weighted by atomic mass is 10.1. The average molecular weight is 255 g/mol. The number of rotatable bonds is 6. The molecule has 0 aliphatic rings. The highest BCUT2D eigenvalue weighted by Gasteiger charge is 2.10. The van der Waals surface area contributed by atoms with Gasteiger partial charge in [0.05, 0.1) is 5.69 Å². The normalized spacial score (nSPS) is 12.4. The van der Waals surface area contributed by atoms with Gasteiger partial charge in [0.25, 0.3) is 0 Å². The van der Waals surface area contributed by atoms with Gasteiger partial charge in [-0.15, -0.1) is 11.3 Å². The quantitative estimate of drug-likeness (QED) is 0.847. The summed E-state index contributed by atoms with van der Waals surface area (Å²) in [5.74, 6) is 0. The number of thiazole rings is 1. The summed E-state index contributed by atoms with van der Waals surface area (Å²) in [6.07, 6.45) is 1.19. The van der Waals surface area contributed by atoms with E-state index in [-0.39, 0.29) is 5.54 Å². The lowest BCUT2D eigenvalue weighted by Gasteiger charge is -2.19. The van der Waals surface area contributed by atoms with Gasteiger partial charge in [-0.3, -0.25) is 0 Å². The molecule has 1 aromatic rings. The molecular formula is C13H25N3S. The van der Waals surface area contributed by atoms with E-state index in [1.807, 2.05) is 0 Å². The van der Waals surface area contributed by atoms with Crippen LogP contribution in [0.25, 0.3) is 0 Å². The first-order chi connectivity index (χ1) is 7.90. The van der Waals surface area contributed by atoms with Crippen molar-refractivity contribution in [1.29, 1.82) is 0 Å². The van der Waals surface area contributed by atoms with Gasteiger partial charge in [-0.05, 0) is 40.8 Å². The summed E-state index contributed by atoms with van der Waals surface area (Å²) in [7, 11) is 2.15. The molecule has 17 heavy (non-hydrogen) atoms. The molecule has 1 N–H and O–H groups in total. The van der Waals surface area contributed by atoms with Crippen molar-refractivity contribution in [3.63, 3.8) is 0 Å². The maximum Gasteiger partial charge on any atom is 0.107 e. The zero-order valence-corrected chi connectivity index (χ0v) is 12.5. The maximum absolute atomic E-state index is 4.65. The average Bonchev–Trinajstić information content (AvgIpc) is 2.62. The topological polar surface area (TPSA) is 28.2 Å². The first kappa shape index (κ1) is 14.6. The molecule has 0 saturated carbocycles. The Morgan fingerprint density at radius 1 is 1.41 bits per heavy atom. The van der Waals surface area contributed by atoms with Crippen molar-refractivity contribution >= 4 is 11.3 Å². The predicted octanol–water partition coefficient (Wildman–Crippen LogP) is 2.87. The Labute approximate surface area is 109 Å². The molecule has 0 radical (unpaired) electrons. The van der Waals surface area contributed by atoms with Gasteiger partial charge in [0.1, 0.15) is 5.01 Å². The van der Waals surface area contributed by atoms with Crippen LogP contribution in [0, 0.1) is 0 Å². The Balaban J connectivity index is 2.42.